The van der Waals surface area contributed by atoms with E-state index in [-0.39, 0.29) is 0 Å². The Morgan fingerprint density at radius 3 is 0.885 bits per heavy atom. The van der Waals surface area contributed by atoms with Crippen LogP contribution in [-0.2, 0) is 9.47 Å². The predicted molar refractivity (Wildman–Crippen MR) is 116 cm³/mol. The average molecular weight is 371 g/mol. The minimum atomic E-state index is 0.771. The molecule has 0 fully saturated rings. The molecule has 2 nitrogen and oxygen atoms in total. The molecule has 158 valence electrons. The van der Waals surface area contributed by atoms with Crippen molar-refractivity contribution < 1.29 is 9.47 Å². The summed E-state index contributed by atoms with van der Waals surface area (Å²) in [5.74, 6) is 0. The first-order valence-electron chi connectivity index (χ1n) is 12.1. The lowest BCUT2D eigenvalue weighted by atomic mass is 10.1. The molecule has 0 aliphatic carbocycles. The van der Waals surface area contributed by atoms with Gasteiger partial charge in [0.25, 0.3) is 0 Å². The molecule has 0 N–H and O–H groups in total. The predicted octanol–water partition coefficient (Wildman–Crippen LogP) is 8.08. The van der Waals surface area contributed by atoms with Crippen LogP contribution in [0.1, 0.15) is 129 Å². The van der Waals surface area contributed by atoms with E-state index in [2.05, 4.69) is 13.8 Å². The first kappa shape index (κ1) is 25.9. The minimum absolute atomic E-state index is 0.771. The van der Waals surface area contributed by atoms with Crippen LogP contribution < -0.4 is 0 Å². The fourth-order valence-electron chi connectivity index (χ4n) is 3.35. The number of hydrogen-bond donors (Lipinski definition) is 0. The molecule has 0 atom stereocenters. The Morgan fingerprint density at radius 2 is 0.577 bits per heavy atom. The van der Waals surface area contributed by atoms with Crippen LogP contribution in [0.4, 0.5) is 0 Å². The summed E-state index contributed by atoms with van der Waals surface area (Å²) in [5, 5.41) is 0. The van der Waals surface area contributed by atoms with Gasteiger partial charge in [0.1, 0.15) is 0 Å². The molecular weight excluding hydrogens is 320 g/mol. The first-order chi connectivity index (χ1) is 12.9. The lowest BCUT2D eigenvalue weighted by molar-refractivity contribution is 0.0448. The van der Waals surface area contributed by atoms with E-state index >= 15 is 0 Å². The monoisotopic (exact) mass is 370 g/mol. The van der Waals surface area contributed by atoms with Crippen LogP contribution in [0.25, 0.3) is 0 Å². The minimum Gasteiger partial charge on any atom is -0.379 e. The maximum Gasteiger partial charge on any atom is 0.0700 e. The zero-order chi connectivity index (χ0) is 19.0. The molecule has 0 saturated heterocycles. The summed E-state index contributed by atoms with van der Waals surface area (Å²) in [6, 6.07) is 0. The summed E-state index contributed by atoms with van der Waals surface area (Å²) in [7, 11) is 0. The van der Waals surface area contributed by atoms with E-state index in [9.17, 15) is 0 Å². The Labute approximate surface area is 165 Å². The topological polar surface area (TPSA) is 18.5 Å². The molecule has 0 amide bonds. The largest absolute Gasteiger partial charge is 0.379 e. The Balaban J connectivity index is 2.95. The fourth-order valence-corrected chi connectivity index (χ4v) is 3.35. The Morgan fingerprint density at radius 1 is 0.308 bits per heavy atom. The molecule has 0 aromatic rings. The second-order valence-corrected chi connectivity index (χ2v) is 7.88. The van der Waals surface area contributed by atoms with E-state index in [4.69, 9.17) is 9.47 Å². The van der Waals surface area contributed by atoms with Gasteiger partial charge in [-0.2, -0.15) is 0 Å². The second kappa shape index (κ2) is 24.9. The maximum atomic E-state index is 5.66. The van der Waals surface area contributed by atoms with Crippen molar-refractivity contribution in [2.75, 3.05) is 26.4 Å². The molecule has 0 radical (unpaired) electrons. The van der Waals surface area contributed by atoms with Gasteiger partial charge < -0.3 is 9.47 Å². The third-order valence-electron chi connectivity index (χ3n) is 5.16. The molecule has 0 bridgehead atoms. The molecule has 0 saturated carbocycles. The molecule has 0 spiro atoms. The van der Waals surface area contributed by atoms with E-state index in [1.807, 2.05) is 0 Å². The highest BCUT2D eigenvalue weighted by Gasteiger charge is 1.95. The first-order valence-corrected chi connectivity index (χ1v) is 12.1. The highest BCUT2D eigenvalue weighted by molar-refractivity contribution is 4.48. The maximum absolute atomic E-state index is 5.66. The fraction of sp³-hybridized carbons (Fsp3) is 1.00. The zero-order valence-electron chi connectivity index (χ0n) is 18.4. The van der Waals surface area contributed by atoms with Gasteiger partial charge in [-0.1, -0.05) is 117 Å². The van der Waals surface area contributed by atoms with Gasteiger partial charge in [-0.25, -0.2) is 0 Å². The molecule has 0 aromatic carbocycles. The Kier molecular flexibility index (Phi) is 24.8. The highest BCUT2D eigenvalue weighted by atomic mass is 16.5. The molecule has 0 aliphatic heterocycles. The van der Waals surface area contributed by atoms with Crippen molar-refractivity contribution in [1.82, 2.24) is 0 Å². The summed E-state index contributed by atoms with van der Waals surface area (Å²) in [5.41, 5.74) is 0. The van der Waals surface area contributed by atoms with E-state index in [1.54, 1.807) is 0 Å². The van der Waals surface area contributed by atoms with Crippen LogP contribution >= 0.6 is 0 Å². The smallest absolute Gasteiger partial charge is 0.0700 e. The van der Waals surface area contributed by atoms with Crippen molar-refractivity contribution in [2.24, 2.45) is 0 Å². The summed E-state index contributed by atoms with van der Waals surface area (Å²) in [6.45, 7) is 7.92. The number of ether oxygens (including phenoxy) is 2. The van der Waals surface area contributed by atoms with E-state index < -0.39 is 0 Å². The summed E-state index contributed by atoms with van der Waals surface area (Å²) in [4.78, 5) is 0. The van der Waals surface area contributed by atoms with Gasteiger partial charge in [-0.05, 0) is 12.8 Å². The van der Waals surface area contributed by atoms with Gasteiger partial charge in [-0.3, -0.25) is 0 Å². The van der Waals surface area contributed by atoms with Gasteiger partial charge in [0.2, 0.25) is 0 Å². The number of rotatable bonds is 23. The zero-order valence-corrected chi connectivity index (χ0v) is 18.4. The van der Waals surface area contributed by atoms with Crippen molar-refractivity contribution in [2.45, 2.75) is 129 Å². The SMILES string of the molecule is CCCCCCCCCCCCCCOCCOCCCCCCCC. The molecule has 26 heavy (non-hydrogen) atoms. The second-order valence-electron chi connectivity index (χ2n) is 7.88. The molecule has 0 aliphatic rings. The summed E-state index contributed by atoms with van der Waals surface area (Å²) < 4.78 is 11.3. The highest BCUT2D eigenvalue weighted by Crippen LogP contribution is 2.12. The molecule has 2 heteroatoms. The van der Waals surface area contributed by atoms with Crippen LogP contribution in [0.3, 0.4) is 0 Å². The van der Waals surface area contributed by atoms with Gasteiger partial charge >= 0.3 is 0 Å². The van der Waals surface area contributed by atoms with Crippen LogP contribution in [0.2, 0.25) is 0 Å². The number of hydrogen-bond acceptors (Lipinski definition) is 2. The Hall–Kier alpha value is -0.0800. The quantitative estimate of drug-likeness (QED) is 0.169. The lowest BCUT2D eigenvalue weighted by Gasteiger charge is -2.06. The standard InChI is InChI=1S/C24H50O2/c1-3-5-7-9-11-12-13-14-15-16-18-20-22-26-24-23-25-21-19-17-10-8-6-4-2/h3-24H2,1-2H3. The van der Waals surface area contributed by atoms with Crippen molar-refractivity contribution in [3.63, 3.8) is 0 Å². The van der Waals surface area contributed by atoms with Crippen LogP contribution in [0, 0.1) is 0 Å². The van der Waals surface area contributed by atoms with E-state index in [0.29, 0.717) is 0 Å². The Bertz CT molecular complexity index is 206. The molecular formula is C24H50O2. The molecule has 0 aromatic heterocycles. The van der Waals surface area contributed by atoms with Crippen LogP contribution in [-0.4, -0.2) is 26.4 Å². The summed E-state index contributed by atoms with van der Waals surface area (Å²) in [6.07, 6.45) is 24.8. The van der Waals surface area contributed by atoms with Gasteiger partial charge in [0, 0.05) is 13.2 Å². The van der Waals surface area contributed by atoms with Gasteiger partial charge in [-0.15, -0.1) is 0 Å². The van der Waals surface area contributed by atoms with Crippen LogP contribution in [0.15, 0.2) is 0 Å². The third kappa shape index (κ3) is 23.9. The average Bonchev–Trinajstić information content (AvgIpc) is 2.66. The lowest BCUT2D eigenvalue weighted by Crippen LogP contribution is -2.06. The molecule has 0 rings (SSSR count). The van der Waals surface area contributed by atoms with Crippen molar-refractivity contribution in [3.05, 3.63) is 0 Å². The third-order valence-corrected chi connectivity index (χ3v) is 5.16. The van der Waals surface area contributed by atoms with Crippen LogP contribution in [0.5, 0.6) is 0 Å². The van der Waals surface area contributed by atoms with Crippen molar-refractivity contribution >= 4 is 0 Å². The van der Waals surface area contributed by atoms with Crippen molar-refractivity contribution in [3.8, 4) is 0 Å². The van der Waals surface area contributed by atoms with E-state index in [1.165, 1.54) is 116 Å². The number of unbranched alkanes of at least 4 members (excludes halogenated alkanes) is 16. The summed E-state index contributed by atoms with van der Waals surface area (Å²) >= 11 is 0. The molecule has 0 unspecified atom stereocenters. The van der Waals surface area contributed by atoms with E-state index in [0.717, 1.165) is 26.4 Å². The van der Waals surface area contributed by atoms with Gasteiger partial charge in [0.05, 0.1) is 13.2 Å². The van der Waals surface area contributed by atoms with Crippen molar-refractivity contribution in [1.29, 1.82) is 0 Å². The van der Waals surface area contributed by atoms with Gasteiger partial charge in [0.15, 0.2) is 0 Å². The molecule has 0 heterocycles. The normalized spacial score (nSPS) is 11.3.